The largest absolute Gasteiger partial charge is 0.352 e. The predicted molar refractivity (Wildman–Crippen MR) is 126 cm³/mol. The minimum atomic E-state index is -0.434. The molecule has 0 spiro atoms. The Kier molecular flexibility index (Phi) is 6.01. The van der Waals surface area contributed by atoms with Crippen molar-refractivity contribution < 1.29 is 4.79 Å². The number of anilines is 1. The molecule has 0 aliphatic heterocycles. The van der Waals surface area contributed by atoms with Crippen LogP contribution >= 0.6 is 11.3 Å². The highest BCUT2D eigenvalue weighted by Gasteiger charge is 2.15. The molecule has 0 saturated carbocycles. The molecule has 4 nitrogen and oxygen atoms in total. The second-order valence-electron chi connectivity index (χ2n) is 6.65. The number of hydrogen-bond donors (Lipinski definition) is 2. The van der Waals surface area contributed by atoms with Gasteiger partial charge in [0.2, 0.25) is 5.43 Å². The summed E-state index contributed by atoms with van der Waals surface area (Å²) in [6.07, 6.45) is 20.4. The third-order valence-corrected chi connectivity index (χ3v) is 5.51. The molecular weight excluding hydrogens is 392 g/mol. The van der Waals surface area contributed by atoms with E-state index in [2.05, 4.69) is 22.5 Å². The van der Waals surface area contributed by atoms with E-state index in [1.807, 2.05) is 72.2 Å². The van der Waals surface area contributed by atoms with Crippen molar-refractivity contribution in [2.45, 2.75) is 6.42 Å². The van der Waals surface area contributed by atoms with E-state index in [0.29, 0.717) is 11.1 Å². The quantitative estimate of drug-likeness (QED) is 0.566. The summed E-state index contributed by atoms with van der Waals surface area (Å²) in [5.41, 5.74) is 2.29. The molecule has 4 rings (SSSR count). The number of nitrogens with one attached hydrogen (secondary N) is 2. The Morgan fingerprint density at radius 2 is 1.83 bits per heavy atom. The molecule has 30 heavy (non-hydrogen) atoms. The van der Waals surface area contributed by atoms with Gasteiger partial charge in [-0.05, 0) is 29.5 Å². The molecule has 0 atom stereocenters. The van der Waals surface area contributed by atoms with Crippen LogP contribution in [-0.2, 0) is 0 Å². The lowest BCUT2D eigenvalue weighted by molar-refractivity contribution is 0.102. The molecule has 2 heterocycles. The van der Waals surface area contributed by atoms with Crippen molar-refractivity contribution in [1.82, 2.24) is 4.98 Å². The normalized spacial score (nSPS) is 19.8. The summed E-state index contributed by atoms with van der Waals surface area (Å²) >= 11 is 1.44. The van der Waals surface area contributed by atoms with Crippen LogP contribution in [0.15, 0.2) is 101 Å². The van der Waals surface area contributed by atoms with Crippen molar-refractivity contribution >= 4 is 38.7 Å². The molecule has 1 aliphatic carbocycles. The lowest BCUT2D eigenvalue weighted by Gasteiger charge is -2.12. The number of carbonyl (C=O) groups is 1. The second kappa shape index (κ2) is 9.20. The summed E-state index contributed by atoms with van der Waals surface area (Å²) in [4.78, 5) is 29.4. The smallest absolute Gasteiger partial charge is 0.261 e. The van der Waals surface area contributed by atoms with Crippen molar-refractivity contribution in [2.24, 2.45) is 0 Å². The maximum atomic E-state index is 12.9. The summed E-state index contributed by atoms with van der Waals surface area (Å²) in [7, 11) is 0. The molecule has 2 N–H and O–H groups in total. The number of pyridine rings is 1. The highest BCUT2D eigenvalue weighted by atomic mass is 32.1. The van der Waals surface area contributed by atoms with Crippen molar-refractivity contribution in [2.75, 3.05) is 5.32 Å². The van der Waals surface area contributed by atoms with E-state index in [0.717, 1.165) is 22.4 Å². The molecule has 3 aromatic rings. The minimum absolute atomic E-state index is 0.0932. The molecule has 0 fully saturated rings. The van der Waals surface area contributed by atoms with Crippen LogP contribution in [0.3, 0.4) is 0 Å². The first kappa shape index (κ1) is 19.6. The highest BCUT2D eigenvalue weighted by Crippen LogP contribution is 2.26. The third-order valence-electron chi connectivity index (χ3n) is 4.66. The van der Waals surface area contributed by atoms with Gasteiger partial charge in [-0.2, -0.15) is 0 Å². The van der Waals surface area contributed by atoms with Crippen LogP contribution in [-0.4, -0.2) is 10.9 Å². The number of thiophene rings is 1. The number of aromatic nitrogens is 1. The van der Waals surface area contributed by atoms with E-state index in [-0.39, 0.29) is 11.0 Å². The molecule has 148 valence electrons. The molecule has 5 heteroatoms. The van der Waals surface area contributed by atoms with Crippen LogP contribution < -0.4 is 10.7 Å². The molecule has 1 amide bonds. The van der Waals surface area contributed by atoms with Gasteiger partial charge in [0, 0.05) is 17.4 Å². The Morgan fingerprint density at radius 1 is 1.00 bits per heavy atom. The van der Waals surface area contributed by atoms with Gasteiger partial charge in [-0.15, -0.1) is 11.3 Å². The average Bonchev–Trinajstić information content (AvgIpc) is 3.21. The third kappa shape index (κ3) is 4.31. The van der Waals surface area contributed by atoms with Gasteiger partial charge < -0.3 is 10.3 Å². The maximum absolute atomic E-state index is 12.9. The Morgan fingerprint density at radius 3 is 2.73 bits per heavy atom. The first-order valence-electron chi connectivity index (χ1n) is 9.60. The fraction of sp³-hybridized carbons (Fsp3) is 0.0400. The van der Waals surface area contributed by atoms with Gasteiger partial charge in [-0.25, -0.2) is 0 Å². The summed E-state index contributed by atoms with van der Waals surface area (Å²) < 4.78 is 0. The summed E-state index contributed by atoms with van der Waals surface area (Å²) in [5.74, 6) is -0.434. The van der Waals surface area contributed by atoms with Crippen molar-refractivity contribution in [3.05, 3.63) is 118 Å². The summed E-state index contributed by atoms with van der Waals surface area (Å²) in [5, 5.41) is 5.27. The van der Waals surface area contributed by atoms with E-state index in [4.69, 9.17) is 0 Å². The zero-order chi connectivity index (χ0) is 20.8. The Bertz CT molecular complexity index is 1290. The average molecular weight is 413 g/mol. The lowest BCUT2D eigenvalue weighted by Crippen LogP contribution is -2.22. The van der Waals surface area contributed by atoms with Crippen LogP contribution in [0.5, 0.6) is 0 Å². The molecule has 1 aliphatic rings. The molecule has 0 bridgehead atoms. The van der Waals surface area contributed by atoms with Gasteiger partial charge in [0.15, 0.2) is 0 Å². The van der Waals surface area contributed by atoms with Crippen LogP contribution in [0.2, 0.25) is 0 Å². The van der Waals surface area contributed by atoms with Crippen LogP contribution in [0, 0.1) is 0 Å². The number of rotatable bonds is 3. The zero-order valence-electron chi connectivity index (χ0n) is 16.2. The number of fused-ring (bicyclic) bond motifs is 1. The van der Waals surface area contributed by atoms with E-state index < -0.39 is 5.91 Å². The Hall–Kier alpha value is -3.70. The lowest BCUT2D eigenvalue weighted by atomic mass is 10.0. The number of benzene rings is 1. The molecule has 1 aromatic carbocycles. The molecule has 0 radical (unpaired) electrons. The zero-order valence-corrected chi connectivity index (χ0v) is 17.0. The Labute approximate surface area is 178 Å². The number of H-pyrrole nitrogens is 1. The topological polar surface area (TPSA) is 62.0 Å². The number of amides is 1. The standard InChI is InChI=1S/C25H20N2O2S/c28-23-20-15-16-30-25(20)26-17-21(23)24(29)27-22-14-10-9-13-19(22)18-11-7-5-3-1-2-4-6-8-12-18/h1,3-17H,2H2,(H,26,28)(H,27,29)/b3-1-,6-4-,7-5-,12-8-,18-11+. The van der Waals surface area contributed by atoms with E-state index >= 15 is 0 Å². The van der Waals surface area contributed by atoms with Crippen molar-refractivity contribution in [1.29, 1.82) is 0 Å². The van der Waals surface area contributed by atoms with E-state index in [1.165, 1.54) is 17.5 Å². The second-order valence-corrected chi connectivity index (χ2v) is 7.57. The monoisotopic (exact) mass is 412 g/mol. The minimum Gasteiger partial charge on any atom is -0.352 e. The van der Waals surface area contributed by atoms with Gasteiger partial charge >= 0.3 is 0 Å². The number of carbonyl (C=O) groups excluding carboxylic acids is 1. The van der Waals surface area contributed by atoms with Gasteiger partial charge in [-0.1, -0.05) is 72.9 Å². The Balaban J connectivity index is 1.69. The molecule has 0 unspecified atom stereocenters. The van der Waals surface area contributed by atoms with Crippen molar-refractivity contribution in [3.8, 4) is 0 Å². The maximum Gasteiger partial charge on any atom is 0.261 e. The first-order chi connectivity index (χ1) is 14.7. The number of allylic oxidation sites excluding steroid dienone is 10. The fourth-order valence-corrected chi connectivity index (χ4v) is 3.92. The SMILES string of the molecule is O=C(Nc1ccccc1C1=C/C=C\C=C/C\C=C/C=C\1)c1c[nH]c2sccc2c1=O. The number of para-hydroxylation sites is 1. The predicted octanol–water partition coefficient (Wildman–Crippen LogP) is 5.85. The van der Waals surface area contributed by atoms with Crippen LogP contribution in [0.25, 0.3) is 15.8 Å². The van der Waals surface area contributed by atoms with Crippen molar-refractivity contribution in [3.63, 3.8) is 0 Å². The van der Waals surface area contributed by atoms with Gasteiger partial charge in [0.1, 0.15) is 10.4 Å². The van der Waals surface area contributed by atoms with E-state index in [1.54, 1.807) is 6.07 Å². The molecule has 2 aromatic heterocycles. The number of aromatic amines is 1. The number of hydrogen-bond acceptors (Lipinski definition) is 3. The highest BCUT2D eigenvalue weighted by molar-refractivity contribution is 7.16. The molecule has 0 saturated heterocycles. The first-order valence-corrected chi connectivity index (χ1v) is 10.5. The van der Waals surface area contributed by atoms with E-state index in [9.17, 15) is 9.59 Å². The summed E-state index contributed by atoms with van der Waals surface area (Å²) in [6.45, 7) is 0. The van der Waals surface area contributed by atoms with Crippen LogP contribution in [0.4, 0.5) is 5.69 Å². The molecular formula is C25H20N2O2S. The fourth-order valence-electron chi connectivity index (χ4n) is 3.16. The van der Waals surface area contributed by atoms with Gasteiger partial charge in [-0.3, -0.25) is 9.59 Å². The van der Waals surface area contributed by atoms with Crippen LogP contribution in [0.1, 0.15) is 22.3 Å². The van der Waals surface area contributed by atoms with Gasteiger partial charge in [0.05, 0.1) is 5.39 Å². The van der Waals surface area contributed by atoms with Gasteiger partial charge in [0.25, 0.3) is 5.91 Å². The summed E-state index contributed by atoms with van der Waals surface area (Å²) in [6, 6.07) is 9.30.